The molecule has 5 nitrogen and oxygen atoms in total. The first kappa shape index (κ1) is 27.0. The lowest BCUT2D eigenvalue weighted by atomic mass is 9.48. The Hall–Kier alpha value is -0.860. The monoisotopic (exact) mass is 571 g/mol. The summed E-state index contributed by atoms with van der Waals surface area (Å²) in [7, 11) is 5.56. The van der Waals surface area contributed by atoms with Crippen LogP contribution in [-0.4, -0.2) is 57.8 Å². The van der Waals surface area contributed by atoms with E-state index in [1.807, 2.05) is 34.6 Å². The summed E-state index contributed by atoms with van der Waals surface area (Å²) < 4.78 is 5.87. The Morgan fingerprint density at radius 1 is 1.08 bits per heavy atom. The van der Waals surface area contributed by atoms with Crippen molar-refractivity contribution in [3.05, 3.63) is 41.7 Å². The summed E-state index contributed by atoms with van der Waals surface area (Å²) in [4.78, 5) is 0. The molecule has 0 unspecified atom stereocenters. The zero-order chi connectivity index (χ0) is 27.4. The van der Waals surface area contributed by atoms with E-state index in [0.717, 1.165) is 30.0 Å². The fraction of sp³-hybridized carbons (Fsp3) is 0.750. The van der Waals surface area contributed by atoms with E-state index in [9.17, 15) is 15.3 Å². The van der Waals surface area contributed by atoms with E-state index in [0.29, 0.717) is 29.4 Å². The molecule has 1 heterocycles. The highest BCUT2D eigenvalue weighted by Gasteiger charge is 2.86. The Labute approximate surface area is 241 Å². The van der Waals surface area contributed by atoms with Gasteiger partial charge in [0.2, 0.25) is 0 Å². The van der Waals surface area contributed by atoms with Crippen LogP contribution in [0.3, 0.4) is 0 Å². The van der Waals surface area contributed by atoms with Gasteiger partial charge in [0.1, 0.15) is 11.7 Å². The molecule has 1 spiro atoms. The average molecular weight is 572 g/mol. The fourth-order valence-electron chi connectivity index (χ4n) is 11.3. The fourth-order valence-corrected chi connectivity index (χ4v) is 14.1. The summed E-state index contributed by atoms with van der Waals surface area (Å²) in [5.74, 6) is 4.27. The van der Waals surface area contributed by atoms with Crippen molar-refractivity contribution in [2.45, 2.75) is 83.1 Å². The van der Waals surface area contributed by atoms with Crippen LogP contribution >= 0.6 is 21.6 Å². The first-order valence-corrected chi connectivity index (χ1v) is 17.5. The second-order valence-corrected chi connectivity index (χ2v) is 16.8. The molecule has 4 saturated carbocycles. The molecule has 6 aliphatic rings. The van der Waals surface area contributed by atoms with E-state index in [1.54, 1.807) is 7.11 Å². The Bertz CT molecular complexity index is 1180. The van der Waals surface area contributed by atoms with Crippen LogP contribution in [0.15, 0.2) is 36.1 Å². The topological polar surface area (TPSA) is 82.0 Å². The predicted molar refractivity (Wildman–Crippen MR) is 160 cm³/mol. The second-order valence-electron chi connectivity index (χ2n) is 14.3. The second kappa shape index (κ2) is 9.07. The summed E-state index contributed by atoms with van der Waals surface area (Å²) in [5.41, 5.74) is 1.27. The third-order valence-corrected chi connectivity index (χ3v) is 15.6. The number of hydrogen-bond acceptors (Lipinski definition) is 7. The maximum absolute atomic E-state index is 12.5. The Morgan fingerprint density at radius 3 is 2.62 bits per heavy atom. The van der Waals surface area contributed by atoms with Crippen molar-refractivity contribution in [2.75, 3.05) is 23.9 Å². The van der Waals surface area contributed by atoms with Gasteiger partial charge in [-0.15, -0.1) is 0 Å². The van der Waals surface area contributed by atoms with E-state index in [4.69, 9.17) is 4.74 Å². The van der Waals surface area contributed by atoms with Crippen molar-refractivity contribution in [1.29, 1.82) is 0 Å². The van der Waals surface area contributed by atoms with Gasteiger partial charge < -0.3 is 25.4 Å². The Morgan fingerprint density at radius 2 is 1.85 bits per heavy atom. The van der Waals surface area contributed by atoms with Crippen molar-refractivity contribution in [2.24, 2.45) is 45.8 Å². The molecule has 1 aromatic rings. The molecular formula is C32H45NO4S2. The van der Waals surface area contributed by atoms with Crippen LogP contribution < -0.4 is 5.32 Å². The van der Waals surface area contributed by atoms with Gasteiger partial charge in [-0.1, -0.05) is 47.6 Å². The number of aliphatic hydroxyl groups excluding tert-OH is 2. The van der Waals surface area contributed by atoms with Crippen LogP contribution in [0.25, 0.3) is 0 Å². The molecule has 6 bridgehead atoms. The molecule has 1 aliphatic heterocycles. The van der Waals surface area contributed by atoms with Gasteiger partial charge in [0.05, 0.1) is 23.8 Å². The third-order valence-electron chi connectivity index (χ3n) is 13.1. The minimum atomic E-state index is -1.04. The molecule has 1 aromatic carbocycles. The lowest BCUT2D eigenvalue weighted by Gasteiger charge is -2.57. The molecular weight excluding hydrogens is 526 g/mol. The molecule has 7 rings (SSSR count). The molecule has 214 valence electrons. The van der Waals surface area contributed by atoms with Crippen LogP contribution in [0.1, 0.15) is 58.4 Å². The highest BCUT2D eigenvalue weighted by Crippen LogP contribution is 2.86. The van der Waals surface area contributed by atoms with E-state index in [1.165, 1.54) is 31.2 Å². The molecule has 0 amide bonds. The predicted octanol–water partition coefficient (Wildman–Crippen LogP) is 6.07. The van der Waals surface area contributed by atoms with Crippen LogP contribution in [0.2, 0.25) is 0 Å². The van der Waals surface area contributed by atoms with Crippen molar-refractivity contribution < 1.29 is 20.1 Å². The maximum Gasteiger partial charge on any atom is 0.110 e. The van der Waals surface area contributed by atoms with Gasteiger partial charge in [0.15, 0.2) is 0 Å². The smallest absolute Gasteiger partial charge is 0.110 e. The number of fused-ring (bicyclic) bond motifs is 5. The lowest BCUT2D eigenvalue weighted by Crippen LogP contribution is -2.59. The molecule has 0 radical (unpaired) electrons. The summed E-state index contributed by atoms with van der Waals surface area (Å²) in [6.07, 6.45) is 7.94. The molecule has 4 fully saturated rings. The minimum absolute atomic E-state index is 0.0285. The van der Waals surface area contributed by atoms with Crippen LogP contribution in [0.4, 0.5) is 5.69 Å². The van der Waals surface area contributed by atoms with Crippen molar-refractivity contribution in [3.63, 3.8) is 0 Å². The van der Waals surface area contributed by atoms with E-state index >= 15 is 0 Å². The molecule has 39 heavy (non-hydrogen) atoms. The Kier molecular flexibility index (Phi) is 6.28. The standard InChI is InChI=1S/C32H45NO4S2/c1-18(34)24-17-39-38-16-22-15-31(14-21(22)10-19-6-5-7-23(11-19)33-24)9-8-20-13-29(2)30(31,3)27(20)28-25(35)12-26(37-4)32(28,29)36/h5-7,11-12,18,20-22,24,26-28,33-36H,8-10,13-17H2,1-4H3/t18-,20-,21+,22-,24-,26-,27-,28-,29-,30-,31+,32+/m0/s1. The first-order chi connectivity index (χ1) is 18.6. The summed E-state index contributed by atoms with van der Waals surface area (Å²) >= 11 is 0. The average Bonchev–Trinajstić information content (AvgIpc) is 3.48. The number of methoxy groups -OCH3 is 1. The number of anilines is 1. The van der Waals surface area contributed by atoms with Crippen molar-refractivity contribution in [1.82, 2.24) is 0 Å². The number of hydrogen-bond donors (Lipinski definition) is 4. The quantitative estimate of drug-likeness (QED) is 0.321. The van der Waals surface area contributed by atoms with Gasteiger partial charge in [0, 0.05) is 29.7 Å². The lowest BCUT2D eigenvalue weighted by molar-refractivity contribution is -0.181. The highest BCUT2D eigenvalue weighted by atomic mass is 33.1. The minimum Gasteiger partial charge on any atom is -0.512 e. The van der Waals surface area contributed by atoms with Crippen LogP contribution in [-0.2, 0) is 11.2 Å². The van der Waals surface area contributed by atoms with Gasteiger partial charge in [-0.05, 0) is 104 Å². The Balaban J connectivity index is 1.25. The maximum atomic E-state index is 12.5. The van der Waals surface area contributed by atoms with Gasteiger partial charge in [-0.3, -0.25) is 0 Å². The first-order valence-electron chi connectivity index (χ1n) is 15.0. The highest BCUT2D eigenvalue weighted by molar-refractivity contribution is 8.76. The van der Waals surface area contributed by atoms with Crippen molar-refractivity contribution >= 4 is 27.3 Å². The summed E-state index contributed by atoms with van der Waals surface area (Å²) in [6.45, 7) is 6.75. The van der Waals surface area contributed by atoms with Crippen LogP contribution in [0, 0.1) is 45.8 Å². The number of benzene rings is 1. The van der Waals surface area contributed by atoms with Gasteiger partial charge in [0.25, 0.3) is 0 Å². The summed E-state index contributed by atoms with van der Waals surface area (Å²) in [6, 6.07) is 8.89. The number of nitrogens with one attached hydrogen (secondary N) is 1. The normalized spacial score (nSPS) is 50.9. The zero-order valence-corrected chi connectivity index (χ0v) is 25.4. The van der Waals surface area contributed by atoms with E-state index in [-0.39, 0.29) is 28.2 Å². The molecule has 5 aliphatic carbocycles. The number of rotatable bonds is 2. The van der Waals surface area contributed by atoms with E-state index < -0.39 is 17.8 Å². The van der Waals surface area contributed by atoms with Gasteiger partial charge in [-0.2, -0.15) is 0 Å². The third kappa shape index (κ3) is 3.40. The van der Waals surface area contributed by atoms with Crippen molar-refractivity contribution in [3.8, 4) is 0 Å². The molecule has 7 heteroatoms. The molecule has 0 aromatic heterocycles. The van der Waals surface area contributed by atoms with Gasteiger partial charge >= 0.3 is 0 Å². The summed E-state index contributed by atoms with van der Waals surface area (Å²) in [5, 5.41) is 37.8. The number of aliphatic hydroxyl groups is 3. The van der Waals surface area contributed by atoms with E-state index in [2.05, 4.69) is 43.4 Å². The SMILES string of the molecule is CO[C@H]1C=C(O)[C@H]2[C@@H]3[C@H]4CC[C@@]5(C[C@H]6CSSC[C@@H]([C@H](C)O)Nc7cccc(c7)C[C@@H]6C5)[C@]3(C)[C@](C)(C4)[C@@]12O. The van der Waals surface area contributed by atoms with Crippen LogP contribution in [0.5, 0.6) is 0 Å². The number of ether oxygens (including phenoxy) is 1. The molecule has 12 atom stereocenters. The molecule has 0 saturated heterocycles. The zero-order valence-electron chi connectivity index (χ0n) is 23.7. The van der Waals surface area contributed by atoms with Gasteiger partial charge in [-0.25, -0.2) is 0 Å². The molecule has 4 N–H and O–H groups in total. The largest absolute Gasteiger partial charge is 0.512 e.